The summed E-state index contributed by atoms with van der Waals surface area (Å²) in [5, 5.41) is 10.0. The van der Waals surface area contributed by atoms with Gasteiger partial charge in [0, 0.05) is 61.0 Å². The molecule has 4 aliphatic rings. The van der Waals surface area contributed by atoms with Crippen LogP contribution in [0.2, 0.25) is 0 Å². The summed E-state index contributed by atoms with van der Waals surface area (Å²) in [5.41, 5.74) is 0.776. The lowest BCUT2D eigenvalue weighted by Crippen LogP contribution is -2.46. The Balaban J connectivity index is 1.30. The third-order valence-electron chi connectivity index (χ3n) is 8.37. The van der Waals surface area contributed by atoms with Gasteiger partial charge in [0.1, 0.15) is 18.3 Å². The largest absolute Gasteiger partial charge is 0.459 e. The van der Waals surface area contributed by atoms with Crippen molar-refractivity contribution in [1.29, 1.82) is 0 Å². The van der Waals surface area contributed by atoms with Gasteiger partial charge in [0.2, 0.25) is 0 Å². The summed E-state index contributed by atoms with van der Waals surface area (Å²) in [6.45, 7) is 5.09. The van der Waals surface area contributed by atoms with Crippen molar-refractivity contribution in [3.05, 3.63) is 23.3 Å². The number of nitrogens with zero attached hydrogens (tertiary/aromatic N) is 2. The van der Waals surface area contributed by atoms with Gasteiger partial charge in [-0.05, 0) is 47.7 Å². The molecule has 8 unspecified atom stereocenters. The molecule has 0 saturated carbocycles. The molecule has 35 heavy (non-hydrogen) atoms. The van der Waals surface area contributed by atoms with E-state index in [2.05, 4.69) is 9.80 Å². The molecule has 0 aromatic rings. The van der Waals surface area contributed by atoms with Crippen molar-refractivity contribution >= 4 is 17.9 Å². The summed E-state index contributed by atoms with van der Waals surface area (Å²) < 4.78 is 17.1. The number of rotatable bonds is 6. The maximum atomic E-state index is 12.6. The highest BCUT2D eigenvalue weighted by Crippen LogP contribution is 2.38. The average Bonchev–Trinajstić information content (AvgIpc) is 3.07. The zero-order valence-electron chi connectivity index (χ0n) is 21.3. The molecule has 0 aliphatic carbocycles. The molecule has 4 rings (SSSR count). The quantitative estimate of drug-likeness (QED) is 0.338. The van der Waals surface area contributed by atoms with E-state index in [0.29, 0.717) is 44.1 Å². The number of allylic oxidation sites excluding steroid dienone is 1. The first kappa shape index (κ1) is 25.9. The minimum Gasteiger partial charge on any atom is -0.459 e. The van der Waals surface area contributed by atoms with E-state index < -0.39 is 11.9 Å². The molecule has 0 radical (unpaired) electrons. The van der Waals surface area contributed by atoms with Crippen molar-refractivity contribution in [1.82, 2.24) is 9.80 Å². The van der Waals surface area contributed by atoms with Gasteiger partial charge in [-0.1, -0.05) is 6.08 Å². The van der Waals surface area contributed by atoms with E-state index in [1.807, 2.05) is 14.1 Å². The molecule has 194 valence electrons. The van der Waals surface area contributed by atoms with Crippen LogP contribution in [0.3, 0.4) is 0 Å². The second-order valence-electron chi connectivity index (χ2n) is 10.6. The third-order valence-corrected chi connectivity index (χ3v) is 8.37. The van der Waals surface area contributed by atoms with Gasteiger partial charge < -0.3 is 19.3 Å². The maximum absolute atomic E-state index is 12.6. The fourth-order valence-electron chi connectivity index (χ4n) is 6.13. The number of carbonyl (C=O) groups excluding carboxylic acids is 3. The highest BCUT2D eigenvalue weighted by molar-refractivity contribution is 5.96. The average molecular weight is 491 g/mol. The molecular formula is C26H38N2O7. The van der Waals surface area contributed by atoms with Crippen molar-refractivity contribution < 1.29 is 33.7 Å². The number of ether oxygens (including phenoxy) is 3. The zero-order chi connectivity index (χ0) is 25.4. The lowest BCUT2D eigenvalue weighted by Gasteiger charge is -2.36. The molecule has 8 atom stereocenters. The number of likely N-dealkylation sites (N-methyl/N-ethyl adjacent to an activating group) is 2. The van der Waals surface area contributed by atoms with E-state index in [0.717, 1.165) is 0 Å². The second kappa shape index (κ2) is 10.4. The van der Waals surface area contributed by atoms with E-state index in [1.54, 1.807) is 26.8 Å². The summed E-state index contributed by atoms with van der Waals surface area (Å²) in [7, 11) is 4.01. The van der Waals surface area contributed by atoms with Crippen molar-refractivity contribution in [3.8, 4) is 0 Å². The molecular weight excluding hydrogens is 452 g/mol. The number of carbonyl (C=O) groups is 3. The summed E-state index contributed by atoms with van der Waals surface area (Å²) in [5.74, 6) is -1.41. The number of esters is 3. The number of aliphatic hydroxyl groups excluding tert-OH is 1. The van der Waals surface area contributed by atoms with E-state index >= 15 is 0 Å². The zero-order valence-corrected chi connectivity index (χ0v) is 21.3. The standard InChI is InChI=1S/C26H38N2O7/c1-6-14(2)25(31)34-23-11-17-9-19(13-21(23)28(17)5)33-24(30)7-15(3)26(32)35-22-10-16-8-18(29)12-20(22)27(16)4/h6-7,16-23,29H,8-13H2,1-5H3. The summed E-state index contributed by atoms with van der Waals surface area (Å²) in [6.07, 6.45) is 5.67. The number of hydrogen-bond acceptors (Lipinski definition) is 9. The van der Waals surface area contributed by atoms with Crippen LogP contribution in [0.4, 0.5) is 0 Å². The first-order valence-corrected chi connectivity index (χ1v) is 12.6. The Bertz CT molecular complexity index is 915. The van der Waals surface area contributed by atoms with Gasteiger partial charge >= 0.3 is 17.9 Å². The lowest BCUT2D eigenvalue weighted by atomic mass is 10.00. The molecule has 0 aromatic heterocycles. The minimum atomic E-state index is -0.565. The fraction of sp³-hybridized carbons (Fsp3) is 0.731. The first-order chi connectivity index (χ1) is 16.6. The van der Waals surface area contributed by atoms with Crippen molar-refractivity contribution in [2.24, 2.45) is 0 Å². The Kier molecular flexibility index (Phi) is 7.68. The molecule has 4 aliphatic heterocycles. The predicted molar refractivity (Wildman–Crippen MR) is 127 cm³/mol. The van der Waals surface area contributed by atoms with Crippen LogP contribution in [-0.2, 0) is 28.6 Å². The van der Waals surface area contributed by atoms with E-state index in [9.17, 15) is 19.5 Å². The molecule has 9 heteroatoms. The van der Waals surface area contributed by atoms with Crippen LogP contribution < -0.4 is 0 Å². The molecule has 4 heterocycles. The Morgan fingerprint density at radius 3 is 1.91 bits per heavy atom. The van der Waals surface area contributed by atoms with Crippen LogP contribution in [0.15, 0.2) is 23.3 Å². The summed E-state index contributed by atoms with van der Waals surface area (Å²) >= 11 is 0. The molecule has 1 N–H and O–H groups in total. The Morgan fingerprint density at radius 2 is 1.31 bits per heavy atom. The summed E-state index contributed by atoms with van der Waals surface area (Å²) in [4.78, 5) is 41.8. The fourth-order valence-corrected chi connectivity index (χ4v) is 6.13. The van der Waals surface area contributed by atoms with Crippen LogP contribution in [-0.4, -0.2) is 95.5 Å². The van der Waals surface area contributed by atoms with Crippen molar-refractivity contribution in [2.75, 3.05) is 14.1 Å². The van der Waals surface area contributed by atoms with Crippen LogP contribution in [0.1, 0.15) is 59.3 Å². The van der Waals surface area contributed by atoms with E-state index in [-0.39, 0.29) is 60.1 Å². The normalized spacial score (nSPS) is 37.8. The SMILES string of the molecule is CC=C(C)C(=O)OC1CC2CC(OC(=O)C=C(C)C(=O)OC3CC4CC(O)CC3N4C)CC1N2C. The molecule has 9 nitrogen and oxygen atoms in total. The molecule has 4 saturated heterocycles. The number of piperidine rings is 2. The Morgan fingerprint density at radius 1 is 0.771 bits per heavy atom. The second-order valence-corrected chi connectivity index (χ2v) is 10.6. The van der Waals surface area contributed by atoms with E-state index in [1.165, 1.54) is 6.08 Å². The maximum Gasteiger partial charge on any atom is 0.334 e. The first-order valence-electron chi connectivity index (χ1n) is 12.6. The monoisotopic (exact) mass is 490 g/mol. The van der Waals surface area contributed by atoms with Gasteiger partial charge in [0.15, 0.2) is 0 Å². The van der Waals surface area contributed by atoms with Gasteiger partial charge in [-0.25, -0.2) is 14.4 Å². The number of fused-ring (bicyclic) bond motifs is 4. The van der Waals surface area contributed by atoms with Gasteiger partial charge in [0.25, 0.3) is 0 Å². The lowest BCUT2D eigenvalue weighted by molar-refractivity contribution is -0.151. The van der Waals surface area contributed by atoms with Gasteiger partial charge in [0.05, 0.1) is 12.1 Å². The van der Waals surface area contributed by atoms with E-state index in [4.69, 9.17) is 14.2 Å². The molecule has 4 fully saturated rings. The molecule has 0 amide bonds. The third kappa shape index (κ3) is 5.47. The Hall–Kier alpha value is -2.23. The van der Waals surface area contributed by atoms with Gasteiger partial charge in [-0.3, -0.25) is 9.80 Å². The number of aliphatic hydroxyl groups is 1. The smallest absolute Gasteiger partial charge is 0.334 e. The van der Waals surface area contributed by atoms with Crippen LogP contribution in [0.25, 0.3) is 0 Å². The molecule has 0 spiro atoms. The van der Waals surface area contributed by atoms with Crippen molar-refractivity contribution in [2.45, 2.75) is 108 Å². The predicted octanol–water partition coefficient (Wildman–Crippen LogP) is 1.73. The minimum absolute atomic E-state index is 0.000746. The Labute approximate surface area is 207 Å². The van der Waals surface area contributed by atoms with Crippen LogP contribution >= 0.6 is 0 Å². The molecule has 0 aromatic carbocycles. The van der Waals surface area contributed by atoms with Crippen molar-refractivity contribution in [3.63, 3.8) is 0 Å². The molecule has 4 bridgehead atoms. The van der Waals surface area contributed by atoms with Crippen LogP contribution in [0.5, 0.6) is 0 Å². The highest BCUT2D eigenvalue weighted by Gasteiger charge is 2.48. The van der Waals surface area contributed by atoms with Gasteiger partial charge in [-0.2, -0.15) is 0 Å². The van der Waals surface area contributed by atoms with Gasteiger partial charge in [-0.15, -0.1) is 0 Å². The summed E-state index contributed by atoms with van der Waals surface area (Å²) in [6, 6.07) is 0.366. The topological polar surface area (TPSA) is 106 Å². The van der Waals surface area contributed by atoms with Crippen LogP contribution in [0, 0.1) is 0 Å². The highest BCUT2D eigenvalue weighted by atomic mass is 16.6. The number of hydrogen-bond donors (Lipinski definition) is 1.